The lowest BCUT2D eigenvalue weighted by Gasteiger charge is -2.32. The van der Waals surface area contributed by atoms with Crippen LogP contribution in [-0.4, -0.2) is 29.3 Å². The zero-order chi connectivity index (χ0) is 25.2. The van der Waals surface area contributed by atoms with Crippen molar-refractivity contribution in [2.45, 2.75) is 51.6 Å². The molecule has 3 rings (SSSR count). The first-order valence-corrected chi connectivity index (χ1v) is 12.8. The van der Waals surface area contributed by atoms with Gasteiger partial charge in [0.05, 0.1) is 0 Å². The van der Waals surface area contributed by atoms with E-state index in [2.05, 4.69) is 5.32 Å². The van der Waals surface area contributed by atoms with Crippen LogP contribution in [0.5, 0.6) is 0 Å². The molecule has 1 N–H and O–H groups in total. The minimum Gasteiger partial charge on any atom is -0.354 e. The van der Waals surface area contributed by atoms with Crippen molar-refractivity contribution in [2.75, 3.05) is 6.54 Å². The predicted molar refractivity (Wildman–Crippen MR) is 144 cm³/mol. The number of carbonyl (C=O) groups excluding carboxylic acids is 2. The Hall–Kier alpha value is -2.82. The van der Waals surface area contributed by atoms with Crippen LogP contribution in [0.1, 0.15) is 55.7 Å². The van der Waals surface area contributed by atoms with Gasteiger partial charge in [-0.2, -0.15) is 0 Å². The lowest BCUT2D eigenvalue weighted by molar-refractivity contribution is -0.141. The summed E-state index contributed by atoms with van der Waals surface area (Å²) in [4.78, 5) is 28.7. The highest BCUT2D eigenvalue weighted by molar-refractivity contribution is 6.35. The first-order chi connectivity index (χ1) is 16.9. The van der Waals surface area contributed by atoms with E-state index in [0.717, 1.165) is 23.1 Å². The summed E-state index contributed by atoms with van der Waals surface area (Å²) in [6.45, 7) is 4.71. The van der Waals surface area contributed by atoms with Crippen molar-refractivity contribution in [3.63, 3.8) is 0 Å². The molecule has 0 aliphatic rings. The van der Waals surface area contributed by atoms with Gasteiger partial charge < -0.3 is 10.2 Å². The van der Waals surface area contributed by atoms with Crippen LogP contribution in [0.25, 0.3) is 0 Å². The van der Waals surface area contributed by atoms with Gasteiger partial charge >= 0.3 is 0 Å². The van der Waals surface area contributed by atoms with Crippen molar-refractivity contribution in [1.82, 2.24) is 10.2 Å². The number of carbonyl (C=O) groups is 2. The van der Waals surface area contributed by atoms with Crippen LogP contribution in [0.4, 0.5) is 0 Å². The molecule has 184 valence electrons. The number of hydrogen-bond acceptors (Lipinski definition) is 2. The maximum Gasteiger partial charge on any atom is 0.242 e. The minimum absolute atomic E-state index is 0.104. The summed E-state index contributed by atoms with van der Waals surface area (Å²) in [5.41, 5.74) is 2.86. The monoisotopic (exact) mass is 510 g/mol. The van der Waals surface area contributed by atoms with Crippen molar-refractivity contribution in [2.24, 2.45) is 0 Å². The first-order valence-electron chi connectivity index (χ1n) is 12.1. The number of halogens is 2. The molecule has 4 nitrogen and oxygen atoms in total. The number of hydrogen-bond donors (Lipinski definition) is 1. The van der Waals surface area contributed by atoms with Crippen molar-refractivity contribution in [3.05, 3.63) is 106 Å². The normalized spacial score (nSPS) is 11.8. The Balaban J connectivity index is 1.96. The molecule has 0 aromatic heterocycles. The maximum absolute atomic E-state index is 13.9. The SMILES string of the molecule is CCCNC(=O)[C@@H](CC)N(Cc1ccc(Cl)cc1Cl)C(=O)CC(c1ccccc1)c1ccccc1. The van der Waals surface area contributed by atoms with Crippen molar-refractivity contribution >= 4 is 35.0 Å². The lowest BCUT2D eigenvalue weighted by atomic mass is 9.88. The van der Waals surface area contributed by atoms with Crippen molar-refractivity contribution in [3.8, 4) is 0 Å². The molecule has 0 saturated heterocycles. The zero-order valence-corrected chi connectivity index (χ0v) is 21.7. The van der Waals surface area contributed by atoms with Crippen LogP contribution in [0.2, 0.25) is 10.0 Å². The molecule has 3 aromatic rings. The Kier molecular flexibility index (Phi) is 10.2. The molecular weight excluding hydrogens is 479 g/mol. The van der Waals surface area contributed by atoms with Gasteiger partial charge in [-0.1, -0.05) is 104 Å². The Morgan fingerprint density at radius 2 is 1.49 bits per heavy atom. The van der Waals surface area contributed by atoms with E-state index in [4.69, 9.17) is 23.2 Å². The summed E-state index contributed by atoms with van der Waals surface area (Å²) in [6.07, 6.45) is 1.55. The third-order valence-electron chi connectivity index (χ3n) is 6.07. The van der Waals surface area contributed by atoms with Crippen LogP contribution in [0.15, 0.2) is 78.9 Å². The molecule has 0 fully saturated rings. The third kappa shape index (κ3) is 7.33. The largest absolute Gasteiger partial charge is 0.354 e. The fraction of sp³-hybridized carbons (Fsp3) is 0.310. The fourth-order valence-electron chi connectivity index (χ4n) is 4.21. The van der Waals surface area contributed by atoms with Crippen LogP contribution in [0, 0.1) is 0 Å². The highest BCUT2D eigenvalue weighted by Crippen LogP contribution is 2.30. The van der Waals surface area contributed by atoms with Gasteiger partial charge in [-0.05, 0) is 41.7 Å². The van der Waals surface area contributed by atoms with Crippen molar-refractivity contribution < 1.29 is 9.59 Å². The molecule has 6 heteroatoms. The van der Waals surface area contributed by atoms with Crippen LogP contribution >= 0.6 is 23.2 Å². The van der Waals surface area contributed by atoms with Crippen LogP contribution in [-0.2, 0) is 16.1 Å². The molecule has 1 atom stereocenters. The van der Waals surface area contributed by atoms with E-state index >= 15 is 0 Å². The third-order valence-corrected chi connectivity index (χ3v) is 6.66. The number of rotatable bonds is 11. The minimum atomic E-state index is -0.604. The van der Waals surface area contributed by atoms with E-state index in [1.807, 2.05) is 80.6 Å². The highest BCUT2D eigenvalue weighted by Gasteiger charge is 2.31. The fourth-order valence-corrected chi connectivity index (χ4v) is 4.68. The Morgan fingerprint density at radius 3 is 2.00 bits per heavy atom. The van der Waals surface area contributed by atoms with Crippen molar-refractivity contribution in [1.29, 1.82) is 0 Å². The van der Waals surface area contributed by atoms with E-state index in [1.165, 1.54) is 0 Å². The molecule has 0 unspecified atom stereocenters. The molecule has 0 saturated carbocycles. The van der Waals surface area contributed by atoms with Gasteiger partial charge in [0.1, 0.15) is 6.04 Å². The van der Waals surface area contributed by atoms with Crippen LogP contribution in [0.3, 0.4) is 0 Å². The Morgan fingerprint density at radius 1 is 0.886 bits per heavy atom. The number of nitrogens with zero attached hydrogens (tertiary/aromatic N) is 1. The van der Waals surface area contributed by atoms with Gasteiger partial charge in [0, 0.05) is 35.5 Å². The number of amides is 2. The smallest absolute Gasteiger partial charge is 0.242 e. The predicted octanol–water partition coefficient (Wildman–Crippen LogP) is 6.85. The second-order valence-corrected chi connectivity index (χ2v) is 9.39. The van der Waals surface area contributed by atoms with E-state index in [9.17, 15) is 9.59 Å². The molecule has 0 aliphatic heterocycles. The lowest BCUT2D eigenvalue weighted by Crippen LogP contribution is -2.49. The molecular formula is C29H32Cl2N2O2. The van der Waals surface area contributed by atoms with Crippen LogP contribution < -0.4 is 5.32 Å². The van der Waals surface area contributed by atoms with E-state index in [0.29, 0.717) is 23.0 Å². The van der Waals surface area contributed by atoms with Gasteiger partial charge in [0.2, 0.25) is 11.8 Å². The summed E-state index contributed by atoms with van der Waals surface area (Å²) in [6, 6.07) is 24.6. The zero-order valence-electron chi connectivity index (χ0n) is 20.2. The molecule has 0 heterocycles. The Bertz CT molecular complexity index is 1070. The second kappa shape index (κ2) is 13.3. The molecule has 3 aromatic carbocycles. The maximum atomic E-state index is 13.9. The second-order valence-electron chi connectivity index (χ2n) is 8.55. The summed E-state index contributed by atoms with van der Waals surface area (Å²) in [7, 11) is 0. The summed E-state index contributed by atoms with van der Waals surface area (Å²) < 4.78 is 0. The van der Waals surface area contributed by atoms with E-state index in [-0.39, 0.29) is 30.7 Å². The number of benzene rings is 3. The van der Waals surface area contributed by atoms with E-state index < -0.39 is 6.04 Å². The molecule has 2 amide bonds. The topological polar surface area (TPSA) is 49.4 Å². The van der Waals surface area contributed by atoms with Gasteiger partial charge in [0.15, 0.2) is 0 Å². The quantitative estimate of drug-likeness (QED) is 0.306. The average molecular weight is 511 g/mol. The summed E-state index contributed by atoms with van der Waals surface area (Å²) in [5.74, 6) is -0.389. The van der Waals surface area contributed by atoms with Gasteiger partial charge in [-0.25, -0.2) is 0 Å². The standard InChI is InChI=1S/C29H32Cl2N2O2/c1-3-17-32-29(35)27(4-2)33(20-23-15-16-24(30)18-26(23)31)28(34)19-25(21-11-7-5-8-12-21)22-13-9-6-10-14-22/h5-16,18,25,27H,3-4,17,19-20H2,1-2H3,(H,32,35)/t27-/m1/s1. The molecule has 0 aliphatic carbocycles. The summed E-state index contributed by atoms with van der Waals surface area (Å²) >= 11 is 12.6. The number of nitrogens with one attached hydrogen (secondary N) is 1. The van der Waals surface area contributed by atoms with Gasteiger partial charge in [0.25, 0.3) is 0 Å². The highest BCUT2D eigenvalue weighted by atomic mass is 35.5. The molecule has 0 spiro atoms. The first kappa shape index (κ1) is 26.8. The molecule has 35 heavy (non-hydrogen) atoms. The van der Waals surface area contributed by atoms with Gasteiger partial charge in [-0.15, -0.1) is 0 Å². The average Bonchev–Trinajstić information content (AvgIpc) is 2.88. The Labute approximate surface area is 218 Å². The molecule has 0 radical (unpaired) electrons. The summed E-state index contributed by atoms with van der Waals surface area (Å²) in [5, 5.41) is 3.96. The van der Waals surface area contributed by atoms with Gasteiger partial charge in [-0.3, -0.25) is 9.59 Å². The molecule has 0 bridgehead atoms. The van der Waals surface area contributed by atoms with E-state index in [1.54, 1.807) is 17.0 Å².